The normalized spacial score (nSPS) is 12.7. The Labute approximate surface area is 178 Å². The molecule has 0 bridgehead atoms. The number of hydrogen-bond acceptors (Lipinski definition) is 6. The lowest BCUT2D eigenvalue weighted by Crippen LogP contribution is -2.14. The minimum atomic E-state index is -0.622. The first kappa shape index (κ1) is 20.4. The van der Waals surface area contributed by atoms with Crippen molar-refractivity contribution in [1.29, 1.82) is 0 Å². The summed E-state index contributed by atoms with van der Waals surface area (Å²) in [5.41, 5.74) is 1.72. The fourth-order valence-corrected chi connectivity index (χ4v) is 3.71. The van der Waals surface area contributed by atoms with Gasteiger partial charge in [0.05, 0.1) is 30.9 Å². The van der Waals surface area contributed by atoms with E-state index in [1.165, 1.54) is 26.4 Å². The number of fused-ring (bicyclic) bond motifs is 1. The number of benzene rings is 2. The Morgan fingerprint density at radius 2 is 1.94 bits per heavy atom. The quantitative estimate of drug-likeness (QED) is 0.474. The number of nitrogens with one attached hydrogen (secondary N) is 1. The molecule has 9 nitrogen and oxygen atoms in total. The zero-order valence-electron chi connectivity index (χ0n) is 17.3. The average molecular weight is 422 g/mol. The number of methoxy groups -OCH3 is 2. The molecule has 2 heterocycles. The van der Waals surface area contributed by atoms with E-state index < -0.39 is 10.8 Å². The Morgan fingerprint density at radius 3 is 2.65 bits per heavy atom. The summed E-state index contributed by atoms with van der Waals surface area (Å²) < 4.78 is 12.5. The van der Waals surface area contributed by atoms with Gasteiger partial charge < -0.3 is 19.4 Å². The van der Waals surface area contributed by atoms with Crippen molar-refractivity contribution < 1.29 is 19.2 Å². The van der Waals surface area contributed by atoms with E-state index in [-0.39, 0.29) is 22.7 Å². The first-order chi connectivity index (χ1) is 15.0. The van der Waals surface area contributed by atoms with E-state index in [4.69, 9.17) is 14.5 Å². The van der Waals surface area contributed by atoms with Crippen molar-refractivity contribution in [3.8, 4) is 22.8 Å². The van der Waals surface area contributed by atoms with Crippen molar-refractivity contribution in [1.82, 2.24) is 9.55 Å². The summed E-state index contributed by atoms with van der Waals surface area (Å²) in [7, 11) is 2.78. The van der Waals surface area contributed by atoms with E-state index in [0.29, 0.717) is 5.69 Å². The number of aromatic nitrogens is 2. The van der Waals surface area contributed by atoms with Crippen molar-refractivity contribution in [2.75, 3.05) is 19.5 Å². The SMILES string of the molecule is COc1cc(C(=O)Nc2cccc(-c3cn4c(n3)CCCC4)c2)c([N+](=O)[O-])cc1OC. The smallest absolute Gasteiger partial charge is 0.286 e. The number of rotatable bonds is 6. The highest BCUT2D eigenvalue weighted by Crippen LogP contribution is 2.35. The Kier molecular flexibility index (Phi) is 5.57. The van der Waals surface area contributed by atoms with Gasteiger partial charge in [-0.05, 0) is 25.0 Å². The molecule has 0 saturated carbocycles. The van der Waals surface area contributed by atoms with Crippen LogP contribution in [0.2, 0.25) is 0 Å². The van der Waals surface area contributed by atoms with Crippen LogP contribution in [0, 0.1) is 10.1 Å². The molecule has 0 unspecified atom stereocenters. The molecule has 0 saturated heterocycles. The molecule has 1 aromatic heterocycles. The largest absolute Gasteiger partial charge is 0.493 e. The van der Waals surface area contributed by atoms with E-state index in [9.17, 15) is 14.9 Å². The van der Waals surface area contributed by atoms with Crippen LogP contribution < -0.4 is 14.8 Å². The van der Waals surface area contributed by atoms with Gasteiger partial charge in [-0.3, -0.25) is 14.9 Å². The summed E-state index contributed by atoms with van der Waals surface area (Å²) >= 11 is 0. The van der Waals surface area contributed by atoms with E-state index in [1.807, 2.05) is 18.3 Å². The molecule has 31 heavy (non-hydrogen) atoms. The number of nitro benzene ring substituents is 1. The maximum Gasteiger partial charge on any atom is 0.286 e. The maximum atomic E-state index is 12.9. The van der Waals surface area contributed by atoms with Crippen molar-refractivity contribution in [3.05, 3.63) is 64.1 Å². The number of carbonyl (C=O) groups is 1. The molecule has 160 valence electrons. The van der Waals surface area contributed by atoms with Crippen LogP contribution in [0.15, 0.2) is 42.6 Å². The second-order valence-electron chi connectivity index (χ2n) is 7.21. The van der Waals surface area contributed by atoms with Crippen molar-refractivity contribution in [2.24, 2.45) is 0 Å². The van der Waals surface area contributed by atoms with Gasteiger partial charge in [0.1, 0.15) is 11.4 Å². The zero-order valence-corrected chi connectivity index (χ0v) is 17.3. The lowest BCUT2D eigenvalue weighted by molar-refractivity contribution is -0.385. The van der Waals surface area contributed by atoms with Gasteiger partial charge in [-0.2, -0.15) is 0 Å². The van der Waals surface area contributed by atoms with E-state index in [0.717, 1.165) is 42.9 Å². The lowest BCUT2D eigenvalue weighted by atomic mass is 10.1. The van der Waals surface area contributed by atoms with Crippen LogP contribution >= 0.6 is 0 Å². The second-order valence-corrected chi connectivity index (χ2v) is 7.21. The Bertz CT molecular complexity index is 1130. The molecule has 0 fully saturated rings. The van der Waals surface area contributed by atoms with Crippen LogP contribution in [0.3, 0.4) is 0 Å². The van der Waals surface area contributed by atoms with Crippen molar-refractivity contribution in [2.45, 2.75) is 25.8 Å². The third kappa shape index (κ3) is 4.07. The molecule has 4 rings (SSSR count). The summed E-state index contributed by atoms with van der Waals surface area (Å²) in [5.74, 6) is 0.859. The number of carbonyl (C=O) groups excluding carboxylic acids is 1. The highest BCUT2D eigenvalue weighted by Gasteiger charge is 2.25. The number of anilines is 1. The molecule has 1 aliphatic rings. The van der Waals surface area contributed by atoms with Crippen LogP contribution in [0.5, 0.6) is 11.5 Å². The van der Waals surface area contributed by atoms with Gasteiger partial charge in [0, 0.05) is 36.5 Å². The fourth-order valence-electron chi connectivity index (χ4n) is 3.71. The number of amides is 1. The molecule has 1 N–H and O–H groups in total. The number of aryl methyl sites for hydroxylation is 2. The minimum Gasteiger partial charge on any atom is -0.493 e. The van der Waals surface area contributed by atoms with Gasteiger partial charge in [0.15, 0.2) is 11.5 Å². The van der Waals surface area contributed by atoms with Gasteiger partial charge in [-0.15, -0.1) is 0 Å². The van der Waals surface area contributed by atoms with E-state index >= 15 is 0 Å². The van der Waals surface area contributed by atoms with Gasteiger partial charge >= 0.3 is 0 Å². The summed E-state index contributed by atoms with van der Waals surface area (Å²) in [6.45, 7) is 0.960. The van der Waals surface area contributed by atoms with Crippen LogP contribution in [-0.2, 0) is 13.0 Å². The van der Waals surface area contributed by atoms with Crippen LogP contribution in [0.25, 0.3) is 11.3 Å². The monoisotopic (exact) mass is 422 g/mol. The van der Waals surface area contributed by atoms with Crippen LogP contribution in [-0.4, -0.2) is 34.6 Å². The molecular weight excluding hydrogens is 400 g/mol. The summed E-state index contributed by atoms with van der Waals surface area (Å²) in [6.07, 6.45) is 5.26. The van der Waals surface area contributed by atoms with Crippen LogP contribution in [0.1, 0.15) is 29.0 Å². The maximum absolute atomic E-state index is 12.9. The number of hydrogen-bond donors (Lipinski definition) is 1. The second kappa shape index (κ2) is 8.47. The number of nitro groups is 1. The number of ether oxygens (including phenoxy) is 2. The average Bonchev–Trinajstić information content (AvgIpc) is 3.22. The Morgan fingerprint density at radius 1 is 1.16 bits per heavy atom. The first-order valence-electron chi connectivity index (χ1n) is 9.88. The molecule has 1 aliphatic heterocycles. The van der Waals surface area contributed by atoms with Gasteiger partial charge in [-0.25, -0.2) is 4.98 Å². The van der Waals surface area contributed by atoms with E-state index in [2.05, 4.69) is 9.88 Å². The molecular formula is C22H22N4O5. The highest BCUT2D eigenvalue weighted by molar-refractivity contribution is 6.07. The third-order valence-electron chi connectivity index (χ3n) is 5.27. The number of nitrogens with zero attached hydrogens (tertiary/aromatic N) is 3. The number of imidazole rings is 1. The molecule has 0 spiro atoms. The summed E-state index contributed by atoms with van der Waals surface area (Å²) in [4.78, 5) is 28.5. The minimum absolute atomic E-state index is 0.120. The predicted molar refractivity (Wildman–Crippen MR) is 115 cm³/mol. The van der Waals surface area contributed by atoms with Gasteiger partial charge in [-0.1, -0.05) is 12.1 Å². The van der Waals surface area contributed by atoms with E-state index in [1.54, 1.807) is 12.1 Å². The summed E-state index contributed by atoms with van der Waals surface area (Å²) in [6, 6.07) is 9.75. The predicted octanol–water partition coefficient (Wildman–Crippen LogP) is 4.06. The van der Waals surface area contributed by atoms with Crippen LogP contribution in [0.4, 0.5) is 11.4 Å². The highest BCUT2D eigenvalue weighted by atomic mass is 16.6. The fraction of sp³-hybridized carbons (Fsp3) is 0.273. The van der Waals surface area contributed by atoms with Gasteiger partial charge in [0.25, 0.3) is 11.6 Å². The first-order valence-corrected chi connectivity index (χ1v) is 9.88. The molecule has 9 heteroatoms. The third-order valence-corrected chi connectivity index (χ3v) is 5.27. The van der Waals surface area contributed by atoms with Crippen molar-refractivity contribution in [3.63, 3.8) is 0 Å². The molecule has 0 aliphatic carbocycles. The van der Waals surface area contributed by atoms with Crippen molar-refractivity contribution >= 4 is 17.3 Å². The van der Waals surface area contributed by atoms with Gasteiger partial charge in [0.2, 0.25) is 0 Å². The molecule has 0 atom stereocenters. The Hall–Kier alpha value is -3.88. The standard InChI is InChI=1S/C22H22N4O5/c1-30-19-11-16(18(26(28)29)12-20(19)31-2)22(27)23-15-7-5-6-14(10-15)17-13-25-9-4-3-8-21(25)24-17/h5-7,10-13H,3-4,8-9H2,1-2H3,(H,23,27). The molecule has 1 amide bonds. The molecule has 3 aromatic rings. The summed E-state index contributed by atoms with van der Waals surface area (Å²) in [5, 5.41) is 14.2. The zero-order chi connectivity index (χ0) is 22.0. The molecule has 0 radical (unpaired) electrons. The molecule has 2 aromatic carbocycles. The topological polar surface area (TPSA) is 109 Å². The lowest BCUT2D eigenvalue weighted by Gasteiger charge is -2.11. The Balaban J connectivity index is 1.63.